The van der Waals surface area contributed by atoms with E-state index < -0.39 is 17.7 Å². The molecule has 7 heteroatoms. The van der Waals surface area contributed by atoms with Gasteiger partial charge < -0.3 is 14.5 Å². The number of anilines is 1. The van der Waals surface area contributed by atoms with Crippen LogP contribution < -0.4 is 9.64 Å². The maximum Gasteiger partial charge on any atom is 0.263 e. The fourth-order valence-corrected chi connectivity index (χ4v) is 2.91. The third-order valence-corrected chi connectivity index (χ3v) is 4.33. The monoisotopic (exact) mass is 364 g/mol. The van der Waals surface area contributed by atoms with Crippen molar-refractivity contribution in [1.29, 1.82) is 0 Å². The van der Waals surface area contributed by atoms with Crippen LogP contribution in [0.1, 0.15) is 6.92 Å². The van der Waals surface area contributed by atoms with Crippen LogP contribution in [0.3, 0.4) is 0 Å². The number of ether oxygens (including phenoxy) is 1. The van der Waals surface area contributed by atoms with Gasteiger partial charge in [-0.25, -0.2) is 13.2 Å². The van der Waals surface area contributed by atoms with Crippen molar-refractivity contribution in [2.24, 2.45) is 0 Å². The molecule has 1 aliphatic rings. The molecule has 0 spiro atoms. The second-order valence-corrected chi connectivity index (χ2v) is 6.12. The van der Waals surface area contributed by atoms with Gasteiger partial charge in [-0.1, -0.05) is 0 Å². The summed E-state index contributed by atoms with van der Waals surface area (Å²) in [5, 5.41) is 0. The van der Waals surface area contributed by atoms with Crippen LogP contribution >= 0.6 is 0 Å². The van der Waals surface area contributed by atoms with E-state index in [0.29, 0.717) is 32.2 Å². The molecule has 138 valence electrons. The highest BCUT2D eigenvalue weighted by Gasteiger charge is 2.26. The van der Waals surface area contributed by atoms with Crippen molar-refractivity contribution in [2.75, 3.05) is 31.1 Å². The molecule has 26 heavy (non-hydrogen) atoms. The van der Waals surface area contributed by atoms with Crippen molar-refractivity contribution in [2.45, 2.75) is 13.0 Å². The van der Waals surface area contributed by atoms with Gasteiger partial charge in [-0.2, -0.15) is 0 Å². The summed E-state index contributed by atoms with van der Waals surface area (Å²) >= 11 is 0. The summed E-state index contributed by atoms with van der Waals surface area (Å²) in [5.74, 6) is -2.25. The molecule has 0 aromatic heterocycles. The Morgan fingerprint density at radius 2 is 1.58 bits per heavy atom. The molecule has 1 unspecified atom stereocenters. The number of hydrogen-bond acceptors (Lipinski definition) is 3. The average Bonchev–Trinajstić information content (AvgIpc) is 2.64. The molecule has 0 radical (unpaired) electrons. The first-order valence-corrected chi connectivity index (χ1v) is 8.35. The number of carbonyl (C=O) groups is 1. The largest absolute Gasteiger partial charge is 0.478 e. The molecule has 1 saturated heterocycles. The summed E-state index contributed by atoms with van der Waals surface area (Å²) in [4.78, 5) is 16.2. The van der Waals surface area contributed by atoms with Gasteiger partial charge in [0.2, 0.25) is 0 Å². The molecule has 2 aromatic carbocycles. The van der Waals surface area contributed by atoms with E-state index in [-0.39, 0.29) is 17.5 Å². The minimum Gasteiger partial charge on any atom is -0.478 e. The summed E-state index contributed by atoms with van der Waals surface area (Å²) in [7, 11) is 0. The lowest BCUT2D eigenvalue weighted by Crippen LogP contribution is -2.52. The summed E-state index contributed by atoms with van der Waals surface area (Å²) in [6, 6.07) is 9.18. The maximum atomic E-state index is 13.7. The Balaban J connectivity index is 1.56. The van der Waals surface area contributed by atoms with E-state index in [2.05, 4.69) is 4.90 Å². The van der Waals surface area contributed by atoms with E-state index in [4.69, 9.17) is 4.74 Å². The van der Waals surface area contributed by atoms with E-state index in [9.17, 15) is 18.0 Å². The average molecular weight is 364 g/mol. The first-order valence-electron chi connectivity index (χ1n) is 8.35. The van der Waals surface area contributed by atoms with E-state index in [1.165, 1.54) is 25.1 Å². The van der Waals surface area contributed by atoms with E-state index in [0.717, 1.165) is 11.8 Å². The van der Waals surface area contributed by atoms with E-state index >= 15 is 0 Å². The zero-order valence-electron chi connectivity index (χ0n) is 14.3. The third kappa shape index (κ3) is 4.09. The highest BCUT2D eigenvalue weighted by molar-refractivity contribution is 5.81. The number of amides is 1. The van der Waals surface area contributed by atoms with Gasteiger partial charge in [0.25, 0.3) is 5.91 Å². The van der Waals surface area contributed by atoms with Gasteiger partial charge in [-0.3, -0.25) is 4.79 Å². The van der Waals surface area contributed by atoms with Crippen LogP contribution in [0.5, 0.6) is 5.75 Å². The van der Waals surface area contributed by atoms with E-state index in [1.54, 1.807) is 17.0 Å². The van der Waals surface area contributed by atoms with E-state index in [1.807, 2.05) is 0 Å². The molecule has 1 heterocycles. The normalized spacial score (nSPS) is 15.7. The first-order chi connectivity index (χ1) is 12.4. The quantitative estimate of drug-likeness (QED) is 0.835. The number of hydrogen-bond donors (Lipinski definition) is 0. The lowest BCUT2D eigenvalue weighted by molar-refractivity contribution is -0.138. The topological polar surface area (TPSA) is 32.8 Å². The van der Waals surface area contributed by atoms with Crippen molar-refractivity contribution in [3.05, 3.63) is 59.9 Å². The van der Waals surface area contributed by atoms with Crippen LogP contribution in [0.25, 0.3) is 0 Å². The third-order valence-electron chi connectivity index (χ3n) is 4.33. The Kier molecular flexibility index (Phi) is 5.35. The molecule has 1 atom stereocenters. The van der Waals surface area contributed by atoms with Gasteiger partial charge in [-0.05, 0) is 43.3 Å². The summed E-state index contributed by atoms with van der Waals surface area (Å²) in [6.07, 6.45) is -0.882. The SMILES string of the molecule is CC(Oc1ccc(F)cc1F)C(=O)N1CCN(c2ccc(F)cc2)CC1. The zero-order valence-corrected chi connectivity index (χ0v) is 14.3. The lowest BCUT2D eigenvalue weighted by Gasteiger charge is -2.37. The van der Waals surface area contributed by atoms with Crippen LogP contribution in [0, 0.1) is 17.5 Å². The fourth-order valence-electron chi connectivity index (χ4n) is 2.91. The molecule has 1 fully saturated rings. The Hall–Kier alpha value is -2.70. The maximum absolute atomic E-state index is 13.7. The Bertz CT molecular complexity index is 775. The minimum atomic E-state index is -0.882. The van der Waals surface area contributed by atoms with Gasteiger partial charge >= 0.3 is 0 Å². The molecule has 0 bridgehead atoms. The standard InChI is InChI=1S/C19H19F3N2O2/c1-13(26-18-7-4-15(21)12-17(18)22)19(25)24-10-8-23(9-11-24)16-5-2-14(20)3-6-16/h2-7,12-13H,8-11H2,1H3. The first kappa shape index (κ1) is 18.1. The number of rotatable bonds is 4. The number of carbonyl (C=O) groups excluding carboxylic acids is 1. The molecule has 0 aliphatic carbocycles. The number of nitrogens with zero attached hydrogens (tertiary/aromatic N) is 2. The van der Waals surface area contributed by atoms with Crippen molar-refractivity contribution in [3.63, 3.8) is 0 Å². The number of benzene rings is 2. The Morgan fingerprint density at radius 3 is 2.19 bits per heavy atom. The van der Waals surface area contributed by atoms with Crippen LogP contribution in [-0.4, -0.2) is 43.1 Å². The van der Waals surface area contributed by atoms with Crippen LogP contribution in [0.4, 0.5) is 18.9 Å². The number of halogens is 3. The second kappa shape index (κ2) is 7.68. The number of piperazine rings is 1. The zero-order chi connectivity index (χ0) is 18.7. The second-order valence-electron chi connectivity index (χ2n) is 6.12. The lowest BCUT2D eigenvalue weighted by atomic mass is 10.2. The van der Waals surface area contributed by atoms with Crippen molar-refractivity contribution in [1.82, 2.24) is 4.90 Å². The fraction of sp³-hybridized carbons (Fsp3) is 0.316. The summed E-state index contributed by atoms with van der Waals surface area (Å²) in [5.41, 5.74) is 0.899. The molecule has 3 rings (SSSR count). The molecular formula is C19H19F3N2O2. The van der Waals surface area contributed by atoms with Crippen molar-refractivity contribution >= 4 is 11.6 Å². The molecule has 4 nitrogen and oxygen atoms in total. The van der Waals surface area contributed by atoms with Crippen LogP contribution in [0.15, 0.2) is 42.5 Å². The van der Waals surface area contributed by atoms with Gasteiger partial charge in [0.1, 0.15) is 11.6 Å². The van der Waals surface area contributed by atoms with Crippen LogP contribution in [0.2, 0.25) is 0 Å². The van der Waals surface area contributed by atoms with Crippen molar-refractivity contribution < 1.29 is 22.7 Å². The molecule has 0 saturated carbocycles. The van der Waals surface area contributed by atoms with Crippen LogP contribution in [-0.2, 0) is 4.79 Å². The summed E-state index contributed by atoms with van der Waals surface area (Å²) in [6.45, 7) is 3.72. The Labute approximate surface area is 149 Å². The van der Waals surface area contributed by atoms with Gasteiger partial charge in [0.15, 0.2) is 17.7 Å². The van der Waals surface area contributed by atoms with Gasteiger partial charge in [0, 0.05) is 37.9 Å². The Morgan fingerprint density at radius 1 is 0.962 bits per heavy atom. The van der Waals surface area contributed by atoms with Crippen molar-refractivity contribution in [3.8, 4) is 5.75 Å². The molecular weight excluding hydrogens is 345 g/mol. The minimum absolute atomic E-state index is 0.155. The summed E-state index contributed by atoms with van der Waals surface area (Å²) < 4.78 is 45.0. The predicted molar refractivity (Wildman–Crippen MR) is 91.6 cm³/mol. The van der Waals surface area contributed by atoms with Gasteiger partial charge in [-0.15, -0.1) is 0 Å². The predicted octanol–water partition coefficient (Wildman–Crippen LogP) is 3.22. The molecule has 1 amide bonds. The van der Waals surface area contributed by atoms with Gasteiger partial charge in [0.05, 0.1) is 0 Å². The highest BCUT2D eigenvalue weighted by atomic mass is 19.1. The highest BCUT2D eigenvalue weighted by Crippen LogP contribution is 2.21. The molecule has 1 aliphatic heterocycles. The smallest absolute Gasteiger partial charge is 0.263 e. The molecule has 2 aromatic rings. The molecule has 0 N–H and O–H groups in total.